The third-order valence-electron chi connectivity index (χ3n) is 6.67. The Hall–Kier alpha value is -3.11. The average molecular weight is 525 g/mol. The molecule has 0 N–H and O–H groups in total. The van der Waals surface area contributed by atoms with Gasteiger partial charge in [0.2, 0.25) is 0 Å². The molecule has 0 spiro atoms. The van der Waals surface area contributed by atoms with Gasteiger partial charge in [-0.1, -0.05) is 30.3 Å². The molecule has 0 bridgehead atoms. The summed E-state index contributed by atoms with van der Waals surface area (Å²) in [5.74, 6) is 0. The van der Waals surface area contributed by atoms with Crippen molar-refractivity contribution in [2.24, 2.45) is 0 Å². The van der Waals surface area contributed by atoms with Gasteiger partial charge in [-0.05, 0) is 61.2 Å². The fraction of sp³-hybridized carbons (Fsp3) is 0.370. The Morgan fingerprint density at radius 1 is 0.946 bits per heavy atom. The lowest BCUT2D eigenvalue weighted by atomic mass is 9.89. The van der Waals surface area contributed by atoms with Crippen LogP contribution in [0.3, 0.4) is 0 Å². The molecule has 1 aliphatic heterocycles. The molecule has 37 heavy (non-hydrogen) atoms. The van der Waals surface area contributed by atoms with Gasteiger partial charge in [-0.2, -0.15) is 31.1 Å². The van der Waals surface area contributed by atoms with Gasteiger partial charge in [0, 0.05) is 18.2 Å². The number of aromatic nitrogens is 1. The van der Waals surface area contributed by atoms with Crippen LogP contribution in [0.15, 0.2) is 73.1 Å². The van der Waals surface area contributed by atoms with Crippen LogP contribution >= 0.6 is 0 Å². The fourth-order valence-corrected chi connectivity index (χ4v) is 4.85. The van der Waals surface area contributed by atoms with Crippen LogP contribution in [0.2, 0.25) is 0 Å². The van der Waals surface area contributed by atoms with E-state index in [1.807, 2.05) is 37.3 Å². The smallest absolute Gasteiger partial charge is 0.416 e. The van der Waals surface area contributed by atoms with E-state index in [4.69, 9.17) is 4.74 Å². The third kappa shape index (κ3) is 6.42. The van der Waals surface area contributed by atoms with Gasteiger partial charge in [0.1, 0.15) is 0 Å². The molecule has 2 heterocycles. The number of hydrogen-bond donors (Lipinski definition) is 0. The standard InChI is InChI=1S/C27H26F6N2O2/c1-18(20-9-12-34(36)13-10-20)35-11-5-8-24(25(35)21-6-3-2-4-7-21)37-17-19-14-22(26(28,29)30)16-23(15-19)27(31,32)33/h2-4,6-7,9-10,12-16,18,24-25H,5,8,11,17H2,1H3/t18?,24-,25-/m0/s1. The van der Waals surface area contributed by atoms with Crippen LogP contribution in [0, 0.1) is 5.21 Å². The van der Waals surface area contributed by atoms with Gasteiger partial charge < -0.3 is 9.94 Å². The maximum Gasteiger partial charge on any atom is 0.416 e. The van der Waals surface area contributed by atoms with Crippen molar-refractivity contribution in [3.05, 3.63) is 106 Å². The normalized spacial score (nSPS) is 20.1. The SMILES string of the molecule is CC(c1cc[n+]([O-])cc1)N1CCC[C@H](OCc2cc(C(F)(F)F)cc(C(F)(F)F)c2)[C@@H]1c1ccccc1. The molecule has 0 saturated carbocycles. The molecular weight excluding hydrogens is 498 g/mol. The maximum absolute atomic E-state index is 13.3. The van der Waals surface area contributed by atoms with Gasteiger partial charge in [-0.15, -0.1) is 0 Å². The molecule has 1 aromatic heterocycles. The van der Waals surface area contributed by atoms with Crippen LogP contribution in [0.1, 0.15) is 59.7 Å². The number of pyridine rings is 1. The molecule has 2 aromatic carbocycles. The first-order valence-electron chi connectivity index (χ1n) is 11.8. The van der Waals surface area contributed by atoms with E-state index in [1.165, 1.54) is 12.4 Å². The molecule has 10 heteroatoms. The van der Waals surface area contributed by atoms with Gasteiger partial charge in [-0.25, -0.2) is 0 Å². The van der Waals surface area contributed by atoms with E-state index in [1.54, 1.807) is 12.1 Å². The zero-order chi connectivity index (χ0) is 26.8. The highest BCUT2D eigenvalue weighted by Crippen LogP contribution is 2.40. The molecule has 3 atom stereocenters. The molecule has 1 fully saturated rings. The van der Waals surface area contributed by atoms with E-state index in [-0.39, 0.29) is 23.7 Å². The molecule has 4 rings (SSSR count). The van der Waals surface area contributed by atoms with Gasteiger partial charge >= 0.3 is 12.4 Å². The number of piperidine rings is 1. The number of benzene rings is 2. The summed E-state index contributed by atoms with van der Waals surface area (Å²) in [4.78, 5) is 2.20. The molecule has 1 aliphatic rings. The summed E-state index contributed by atoms with van der Waals surface area (Å²) < 4.78 is 86.6. The second-order valence-electron chi connectivity index (χ2n) is 9.17. The lowest BCUT2D eigenvalue weighted by molar-refractivity contribution is -0.605. The van der Waals surface area contributed by atoms with Crippen molar-refractivity contribution >= 4 is 0 Å². The second kappa shape index (κ2) is 10.7. The number of likely N-dealkylation sites (tertiary alicyclic amines) is 1. The van der Waals surface area contributed by atoms with Crippen LogP contribution in [0.5, 0.6) is 0 Å². The first-order chi connectivity index (χ1) is 17.4. The van der Waals surface area contributed by atoms with Crippen LogP contribution in [0.4, 0.5) is 26.3 Å². The zero-order valence-electron chi connectivity index (χ0n) is 20.0. The average Bonchev–Trinajstić information content (AvgIpc) is 2.86. The first kappa shape index (κ1) is 26.9. The third-order valence-corrected chi connectivity index (χ3v) is 6.67. The van der Waals surface area contributed by atoms with Crippen molar-refractivity contribution in [3.63, 3.8) is 0 Å². The summed E-state index contributed by atoms with van der Waals surface area (Å²) in [6.45, 7) is 2.30. The molecule has 3 aromatic rings. The predicted molar refractivity (Wildman–Crippen MR) is 124 cm³/mol. The summed E-state index contributed by atoms with van der Waals surface area (Å²) in [6.07, 6.45) is -6.18. The van der Waals surface area contributed by atoms with Crippen LogP contribution < -0.4 is 4.73 Å². The first-order valence-corrected chi connectivity index (χ1v) is 11.8. The molecule has 0 amide bonds. The highest BCUT2D eigenvalue weighted by Gasteiger charge is 2.38. The highest BCUT2D eigenvalue weighted by atomic mass is 19.4. The van der Waals surface area contributed by atoms with Crippen molar-refractivity contribution in [2.75, 3.05) is 6.54 Å². The van der Waals surface area contributed by atoms with Crippen LogP contribution in [-0.2, 0) is 23.7 Å². The summed E-state index contributed by atoms with van der Waals surface area (Å²) in [5.41, 5.74) is -1.09. The Morgan fingerprint density at radius 3 is 2.11 bits per heavy atom. The molecule has 198 valence electrons. The lowest BCUT2D eigenvalue weighted by Crippen LogP contribution is -2.44. The van der Waals surface area contributed by atoms with Crippen molar-refractivity contribution in [1.82, 2.24) is 4.90 Å². The number of nitrogens with zero attached hydrogens (tertiary/aromatic N) is 2. The number of halogens is 6. The minimum absolute atomic E-state index is 0.117. The molecule has 4 nitrogen and oxygen atoms in total. The molecule has 1 unspecified atom stereocenters. The van der Waals surface area contributed by atoms with Crippen LogP contribution in [0.25, 0.3) is 0 Å². The topological polar surface area (TPSA) is 39.4 Å². The Balaban J connectivity index is 1.63. The van der Waals surface area contributed by atoms with E-state index >= 15 is 0 Å². The lowest BCUT2D eigenvalue weighted by Gasteiger charge is -2.44. The number of alkyl halides is 6. The number of rotatable bonds is 6. The minimum Gasteiger partial charge on any atom is -0.619 e. The monoisotopic (exact) mass is 524 g/mol. The maximum atomic E-state index is 13.3. The van der Waals surface area contributed by atoms with E-state index < -0.39 is 36.2 Å². The van der Waals surface area contributed by atoms with E-state index in [9.17, 15) is 31.5 Å². The van der Waals surface area contributed by atoms with E-state index in [2.05, 4.69) is 4.90 Å². The zero-order valence-corrected chi connectivity index (χ0v) is 20.0. The van der Waals surface area contributed by atoms with Crippen LogP contribution in [-0.4, -0.2) is 17.5 Å². The number of ether oxygens (including phenoxy) is 1. The quantitative estimate of drug-likeness (QED) is 0.201. The Morgan fingerprint density at radius 2 is 1.54 bits per heavy atom. The van der Waals surface area contributed by atoms with E-state index in [0.717, 1.165) is 17.5 Å². The minimum atomic E-state index is -4.92. The Kier molecular flexibility index (Phi) is 7.80. The fourth-order valence-electron chi connectivity index (χ4n) is 4.85. The summed E-state index contributed by atoms with van der Waals surface area (Å²) >= 11 is 0. The summed E-state index contributed by atoms with van der Waals surface area (Å²) in [5, 5.41) is 11.5. The molecule has 1 saturated heterocycles. The highest BCUT2D eigenvalue weighted by molar-refractivity contribution is 5.33. The predicted octanol–water partition coefficient (Wildman–Crippen LogP) is 6.84. The second-order valence-corrected chi connectivity index (χ2v) is 9.17. The van der Waals surface area contributed by atoms with E-state index in [0.29, 0.717) is 29.8 Å². The van der Waals surface area contributed by atoms with Crippen molar-refractivity contribution in [3.8, 4) is 0 Å². The Bertz CT molecular complexity index is 1150. The molecular formula is C27H26F6N2O2. The van der Waals surface area contributed by atoms with Crippen molar-refractivity contribution in [2.45, 2.75) is 56.9 Å². The van der Waals surface area contributed by atoms with Gasteiger partial charge in [0.25, 0.3) is 0 Å². The molecule has 0 radical (unpaired) electrons. The largest absolute Gasteiger partial charge is 0.619 e. The summed E-state index contributed by atoms with van der Waals surface area (Å²) in [7, 11) is 0. The van der Waals surface area contributed by atoms with Gasteiger partial charge in [0.05, 0.1) is 29.9 Å². The Labute approximate surface area is 210 Å². The summed E-state index contributed by atoms with van der Waals surface area (Å²) in [6, 6.07) is 14.0. The number of hydrogen-bond acceptors (Lipinski definition) is 3. The van der Waals surface area contributed by atoms with Gasteiger partial charge in [0.15, 0.2) is 12.4 Å². The van der Waals surface area contributed by atoms with Gasteiger partial charge in [-0.3, -0.25) is 4.90 Å². The van der Waals surface area contributed by atoms with Crippen molar-refractivity contribution in [1.29, 1.82) is 0 Å². The van der Waals surface area contributed by atoms with Crippen molar-refractivity contribution < 1.29 is 35.8 Å². The molecule has 0 aliphatic carbocycles.